The lowest BCUT2D eigenvalue weighted by molar-refractivity contribution is 0.627. The van der Waals surface area contributed by atoms with Crippen LogP contribution in [0, 0.1) is 5.82 Å². The van der Waals surface area contributed by atoms with Gasteiger partial charge in [0.1, 0.15) is 5.82 Å². The average Bonchev–Trinajstić information content (AvgIpc) is 2.80. The van der Waals surface area contributed by atoms with Crippen LogP contribution in [-0.2, 0) is 6.42 Å². The summed E-state index contributed by atoms with van der Waals surface area (Å²) in [5.41, 5.74) is 11.6. The molecule has 0 aliphatic carbocycles. The summed E-state index contributed by atoms with van der Waals surface area (Å²) in [6.45, 7) is 0. The van der Waals surface area contributed by atoms with Crippen LogP contribution in [0.3, 0.4) is 0 Å². The molecule has 0 amide bonds. The molecule has 1 aromatic heterocycles. The van der Waals surface area contributed by atoms with E-state index >= 15 is 0 Å². The minimum Gasteiger partial charge on any atom is -0.399 e. The number of thiazole rings is 1. The van der Waals surface area contributed by atoms with Crippen LogP contribution in [0.25, 0.3) is 10.2 Å². The van der Waals surface area contributed by atoms with E-state index in [9.17, 15) is 4.39 Å². The van der Waals surface area contributed by atoms with Crippen LogP contribution < -0.4 is 5.73 Å². The molecule has 2 N–H and O–H groups in total. The van der Waals surface area contributed by atoms with Gasteiger partial charge in [0.2, 0.25) is 0 Å². The molecule has 3 aromatic rings. The van der Waals surface area contributed by atoms with E-state index in [2.05, 4.69) is 4.98 Å². The van der Waals surface area contributed by atoms with Crippen molar-refractivity contribution in [3.05, 3.63) is 58.9 Å². The largest absolute Gasteiger partial charge is 0.399 e. The fourth-order valence-corrected chi connectivity index (χ4v) is 2.79. The lowest BCUT2D eigenvalue weighted by Crippen LogP contribution is -1.93. The fourth-order valence-electron chi connectivity index (χ4n) is 2.02. The van der Waals surface area contributed by atoms with Gasteiger partial charge >= 0.3 is 0 Å². The predicted molar refractivity (Wildman–Crippen MR) is 73.2 cm³/mol. The van der Waals surface area contributed by atoms with E-state index in [0.29, 0.717) is 6.42 Å². The van der Waals surface area contributed by atoms with Gasteiger partial charge in [0.15, 0.2) is 0 Å². The van der Waals surface area contributed by atoms with Crippen molar-refractivity contribution in [2.45, 2.75) is 6.42 Å². The Balaban J connectivity index is 2.03. The Morgan fingerprint density at radius 3 is 2.72 bits per heavy atom. The molecule has 0 aliphatic heterocycles. The second-order valence-corrected chi connectivity index (χ2v) is 5.07. The number of aromatic nitrogens is 1. The number of nitrogens with two attached hydrogens (primary N) is 1. The van der Waals surface area contributed by atoms with Crippen molar-refractivity contribution in [3.8, 4) is 0 Å². The number of nitrogen functional groups attached to an aromatic ring is 1. The van der Waals surface area contributed by atoms with Crippen LogP contribution in [0.2, 0.25) is 0 Å². The first kappa shape index (κ1) is 11.2. The quantitative estimate of drug-likeness (QED) is 0.713. The van der Waals surface area contributed by atoms with E-state index in [1.807, 2.05) is 17.6 Å². The Hall–Kier alpha value is -1.94. The van der Waals surface area contributed by atoms with Gasteiger partial charge in [-0.15, -0.1) is 11.3 Å². The Bertz CT molecular complexity index is 689. The molecule has 0 bridgehead atoms. The van der Waals surface area contributed by atoms with Gasteiger partial charge < -0.3 is 5.73 Å². The van der Waals surface area contributed by atoms with E-state index in [0.717, 1.165) is 27.0 Å². The molecule has 2 nitrogen and oxygen atoms in total. The molecular weight excluding hydrogens is 247 g/mol. The highest BCUT2D eigenvalue weighted by Crippen LogP contribution is 2.26. The molecule has 0 radical (unpaired) electrons. The molecule has 0 unspecified atom stereocenters. The van der Waals surface area contributed by atoms with E-state index in [1.54, 1.807) is 23.5 Å². The minimum absolute atomic E-state index is 0.217. The second kappa shape index (κ2) is 4.38. The molecule has 0 saturated heterocycles. The summed E-state index contributed by atoms with van der Waals surface area (Å²) in [7, 11) is 0. The van der Waals surface area contributed by atoms with Crippen LogP contribution in [0.5, 0.6) is 0 Å². The summed E-state index contributed by atoms with van der Waals surface area (Å²) in [5.74, 6) is -0.217. The third-order valence-corrected chi connectivity index (χ3v) is 3.62. The first-order valence-electron chi connectivity index (χ1n) is 5.58. The van der Waals surface area contributed by atoms with E-state index in [4.69, 9.17) is 5.73 Å². The maximum absolute atomic E-state index is 12.9. The van der Waals surface area contributed by atoms with Gasteiger partial charge in [-0.05, 0) is 41.8 Å². The van der Waals surface area contributed by atoms with Crippen LogP contribution in [-0.4, -0.2) is 4.98 Å². The van der Waals surface area contributed by atoms with E-state index in [1.165, 1.54) is 12.1 Å². The zero-order valence-electron chi connectivity index (χ0n) is 9.56. The van der Waals surface area contributed by atoms with Crippen molar-refractivity contribution in [2.24, 2.45) is 0 Å². The lowest BCUT2D eigenvalue weighted by atomic mass is 10.0. The molecule has 18 heavy (non-hydrogen) atoms. The third-order valence-electron chi connectivity index (χ3n) is 2.85. The van der Waals surface area contributed by atoms with Gasteiger partial charge in [0.05, 0.1) is 15.7 Å². The van der Waals surface area contributed by atoms with Gasteiger partial charge in [0, 0.05) is 5.69 Å². The summed E-state index contributed by atoms with van der Waals surface area (Å²) in [5, 5.41) is 0. The maximum Gasteiger partial charge on any atom is 0.123 e. The molecule has 90 valence electrons. The van der Waals surface area contributed by atoms with Crippen molar-refractivity contribution in [1.82, 2.24) is 4.98 Å². The smallest absolute Gasteiger partial charge is 0.123 e. The van der Waals surface area contributed by atoms with E-state index in [-0.39, 0.29) is 5.82 Å². The molecule has 0 spiro atoms. The van der Waals surface area contributed by atoms with Crippen molar-refractivity contribution < 1.29 is 4.39 Å². The molecule has 0 fully saturated rings. The summed E-state index contributed by atoms with van der Waals surface area (Å²) >= 11 is 1.58. The van der Waals surface area contributed by atoms with Crippen LogP contribution >= 0.6 is 11.3 Å². The summed E-state index contributed by atoms with van der Waals surface area (Å²) in [4.78, 5) is 4.36. The van der Waals surface area contributed by atoms with Gasteiger partial charge in [-0.25, -0.2) is 9.37 Å². The molecule has 0 atom stereocenters. The molecule has 0 aliphatic rings. The number of halogens is 1. The van der Waals surface area contributed by atoms with Crippen molar-refractivity contribution in [1.29, 1.82) is 0 Å². The Kier molecular flexibility index (Phi) is 2.72. The van der Waals surface area contributed by atoms with Crippen molar-refractivity contribution >= 4 is 27.2 Å². The van der Waals surface area contributed by atoms with Crippen LogP contribution in [0.4, 0.5) is 10.1 Å². The predicted octanol–water partition coefficient (Wildman–Crippen LogP) is 3.61. The Morgan fingerprint density at radius 2 is 1.94 bits per heavy atom. The summed E-state index contributed by atoms with van der Waals surface area (Å²) < 4.78 is 14.0. The zero-order chi connectivity index (χ0) is 12.5. The number of hydrogen-bond acceptors (Lipinski definition) is 3. The normalized spacial score (nSPS) is 10.9. The molecule has 2 aromatic carbocycles. The fraction of sp³-hybridized carbons (Fsp3) is 0.0714. The zero-order valence-corrected chi connectivity index (χ0v) is 10.4. The molecular formula is C14H11FN2S. The van der Waals surface area contributed by atoms with Crippen molar-refractivity contribution in [3.63, 3.8) is 0 Å². The standard InChI is InChI=1S/C14H11FN2S/c15-11-3-1-9(2-4-11)5-10-6-12(16)7-13-14(10)17-8-18-13/h1-4,6-8H,5,16H2. The second-order valence-electron chi connectivity index (χ2n) is 4.18. The highest BCUT2D eigenvalue weighted by Gasteiger charge is 2.06. The molecule has 3 rings (SSSR count). The summed E-state index contributed by atoms with van der Waals surface area (Å²) in [6.07, 6.45) is 0.714. The van der Waals surface area contributed by atoms with Crippen molar-refractivity contribution in [2.75, 3.05) is 5.73 Å². The topological polar surface area (TPSA) is 38.9 Å². The summed E-state index contributed by atoms with van der Waals surface area (Å²) in [6, 6.07) is 10.4. The molecule has 4 heteroatoms. The average molecular weight is 258 g/mol. The first-order chi connectivity index (χ1) is 8.72. The monoisotopic (exact) mass is 258 g/mol. The Labute approximate surface area is 108 Å². The number of hydrogen-bond donors (Lipinski definition) is 1. The minimum atomic E-state index is -0.217. The number of anilines is 1. The van der Waals surface area contributed by atoms with Gasteiger partial charge in [-0.3, -0.25) is 0 Å². The number of nitrogens with zero attached hydrogens (tertiary/aromatic N) is 1. The highest BCUT2D eigenvalue weighted by atomic mass is 32.1. The third kappa shape index (κ3) is 2.07. The SMILES string of the molecule is Nc1cc(Cc2ccc(F)cc2)c2ncsc2c1. The van der Waals surface area contributed by atoms with Gasteiger partial charge in [-0.1, -0.05) is 12.1 Å². The number of fused-ring (bicyclic) bond motifs is 1. The van der Waals surface area contributed by atoms with E-state index < -0.39 is 0 Å². The molecule has 1 heterocycles. The van der Waals surface area contributed by atoms with Gasteiger partial charge in [0.25, 0.3) is 0 Å². The maximum atomic E-state index is 12.9. The first-order valence-corrected chi connectivity index (χ1v) is 6.46. The molecule has 0 saturated carbocycles. The van der Waals surface area contributed by atoms with Crippen LogP contribution in [0.1, 0.15) is 11.1 Å². The number of rotatable bonds is 2. The van der Waals surface area contributed by atoms with Gasteiger partial charge in [-0.2, -0.15) is 0 Å². The number of benzene rings is 2. The highest BCUT2D eigenvalue weighted by molar-refractivity contribution is 7.16. The Morgan fingerprint density at radius 1 is 1.17 bits per heavy atom. The lowest BCUT2D eigenvalue weighted by Gasteiger charge is -2.05. The van der Waals surface area contributed by atoms with Crippen LogP contribution in [0.15, 0.2) is 41.9 Å².